The highest BCUT2D eigenvalue weighted by Gasteiger charge is 2.42. The van der Waals surface area contributed by atoms with E-state index in [2.05, 4.69) is 55.4 Å². The van der Waals surface area contributed by atoms with Gasteiger partial charge >= 0.3 is 0 Å². The van der Waals surface area contributed by atoms with Crippen LogP contribution in [0.15, 0.2) is 0 Å². The molecule has 2 heterocycles. The van der Waals surface area contributed by atoms with Crippen LogP contribution in [0.4, 0.5) is 0 Å². The summed E-state index contributed by atoms with van der Waals surface area (Å²) in [5, 5.41) is 24.2. The van der Waals surface area contributed by atoms with Crippen LogP contribution in [-0.2, 0) is 9.47 Å². The van der Waals surface area contributed by atoms with Gasteiger partial charge in [-0.25, -0.2) is 0 Å². The fourth-order valence-electron chi connectivity index (χ4n) is 5.05. The molecule has 0 amide bonds. The van der Waals surface area contributed by atoms with Crippen LogP contribution in [0.3, 0.4) is 0 Å². The van der Waals surface area contributed by atoms with Gasteiger partial charge in [-0.3, -0.25) is 0 Å². The quantitative estimate of drug-likeness (QED) is 0.567. The molecule has 6 heteroatoms. The summed E-state index contributed by atoms with van der Waals surface area (Å²) < 4.78 is 12.4. The molecule has 2 fully saturated rings. The Balaban J connectivity index is 1.83. The molecule has 2 rings (SSSR count). The second-order valence-electron chi connectivity index (χ2n) is 10.9. The molecule has 0 aromatic rings. The summed E-state index contributed by atoms with van der Waals surface area (Å²) in [6.07, 6.45) is 3.72. The normalized spacial score (nSPS) is 34.4. The first-order valence-corrected chi connectivity index (χ1v) is 11.6. The van der Waals surface area contributed by atoms with Gasteiger partial charge in [0.2, 0.25) is 0 Å². The van der Waals surface area contributed by atoms with Crippen molar-refractivity contribution in [2.24, 2.45) is 17.8 Å². The molecule has 2 N–H and O–H groups in total. The first kappa shape index (κ1) is 25.0. The Labute approximate surface area is 178 Å². The Morgan fingerprint density at radius 2 is 1.17 bits per heavy atom. The van der Waals surface area contributed by atoms with Crippen molar-refractivity contribution >= 4 is 0 Å². The monoisotopic (exact) mass is 414 g/mol. The van der Waals surface area contributed by atoms with Crippen LogP contribution in [0.5, 0.6) is 0 Å². The van der Waals surface area contributed by atoms with Crippen LogP contribution >= 0.6 is 0 Å². The van der Waals surface area contributed by atoms with E-state index >= 15 is 0 Å². The number of hydrogen-bond acceptors (Lipinski definition) is 6. The summed E-state index contributed by atoms with van der Waals surface area (Å²) in [5.41, 5.74) is -0.276. The molecule has 0 radical (unpaired) electrons. The van der Waals surface area contributed by atoms with E-state index in [1.54, 1.807) is 5.06 Å². The minimum atomic E-state index is -0.276. The van der Waals surface area contributed by atoms with Gasteiger partial charge < -0.3 is 19.9 Å². The Morgan fingerprint density at radius 3 is 1.62 bits per heavy atom. The molecule has 6 nitrogen and oxygen atoms in total. The molecule has 2 saturated heterocycles. The van der Waals surface area contributed by atoms with Crippen molar-refractivity contribution in [3.63, 3.8) is 0 Å². The van der Waals surface area contributed by atoms with Crippen molar-refractivity contribution in [3.8, 4) is 0 Å². The van der Waals surface area contributed by atoms with Crippen LogP contribution in [0, 0.1) is 17.8 Å². The molecule has 0 bridgehead atoms. The lowest BCUT2D eigenvalue weighted by Gasteiger charge is -2.48. The Bertz CT molecular complexity index is 479. The van der Waals surface area contributed by atoms with Crippen LogP contribution < -0.4 is 0 Å². The average molecular weight is 415 g/mol. The predicted octanol–water partition coefficient (Wildman–Crippen LogP) is 4.58. The molecule has 0 aromatic carbocycles. The number of rotatable bonds is 8. The van der Waals surface area contributed by atoms with Gasteiger partial charge in [-0.05, 0) is 57.3 Å². The van der Waals surface area contributed by atoms with E-state index in [9.17, 15) is 10.4 Å². The lowest BCUT2D eigenvalue weighted by atomic mass is 9.82. The van der Waals surface area contributed by atoms with Gasteiger partial charge in [-0.15, -0.1) is 0 Å². The number of hydroxylamine groups is 4. The third kappa shape index (κ3) is 6.37. The fraction of sp³-hybridized carbons (Fsp3) is 1.00. The average Bonchev–Trinajstić information content (AvgIpc) is 2.61. The molecule has 4 unspecified atom stereocenters. The van der Waals surface area contributed by atoms with Crippen molar-refractivity contribution in [1.29, 1.82) is 0 Å². The number of hydrogen-bond donors (Lipinski definition) is 2. The SMILES string of the molecule is CC(C)C1CC(OCCOC2CC(C(C)C)N(O)C(C)(C)C2)CC(C(C)C)N1O. The Hall–Kier alpha value is -0.240. The van der Waals surface area contributed by atoms with Crippen molar-refractivity contribution in [3.05, 3.63) is 0 Å². The molecule has 172 valence electrons. The second-order valence-corrected chi connectivity index (χ2v) is 10.9. The maximum absolute atomic E-state index is 10.6. The van der Waals surface area contributed by atoms with Gasteiger partial charge in [0.25, 0.3) is 0 Å². The summed E-state index contributed by atoms with van der Waals surface area (Å²) in [6.45, 7) is 18.3. The minimum Gasteiger partial charge on any atom is -0.376 e. The number of piperidine rings is 2. The minimum absolute atomic E-state index is 0.122. The van der Waals surface area contributed by atoms with Gasteiger partial charge in [0, 0.05) is 23.7 Å². The van der Waals surface area contributed by atoms with Gasteiger partial charge in [0.15, 0.2) is 0 Å². The maximum Gasteiger partial charge on any atom is 0.0704 e. The van der Waals surface area contributed by atoms with Crippen molar-refractivity contribution < 1.29 is 19.9 Å². The highest BCUT2D eigenvalue weighted by atomic mass is 16.5. The molecule has 0 aromatic heterocycles. The first-order chi connectivity index (χ1) is 13.4. The lowest BCUT2D eigenvalue weighted by molar-refractivity contribution is -0.242. The molecule has 29 heavy (non-hydrogen) atoms. The van der Waals surface area contributed by atoms with Crippen molar-refractivity contribution in [1.82, 2.24) is 10.1 Å². The zero-order valence-corrected chi connectivity index (χ0v) is 20.0. The van der Waals surface area contributed by atoms with Gasteiger partial charge in [0.1, 0.15) is 0 Å². The zero-order chi connectivity index (χ0) is 21.9. The summed E-state index contributed by atoms with van der Waals surface area (Å²) in [6, 6.07) is 0.407. The Morgan fingerprint density at radius 1 is 0.759 bits per heavy atom. The summed E-state index contributed by atoms with van der Waals surface area (Å²) in [7, 11) is 0. The smallest absolute Gasteiger partial charge is 0.0704 e. The standard InChI is InChI=1S/C23H46N2O4/c1-15(2)20-11-18(12-21(16(3)4)24(20)26)28-9-10-29-19-13-22(17(5)6)25(27)23(7,8)14-19/h15-22,26-27H,9-14H2,1-8H3. The van der Waals surface area contributed by atoms with Gasteiger partial charge in [-0.1, -0.05) is 41.5 Å². The highest BCUT2D eigenvalue weighted by molar-refractivity contribution is 4.93. The second kappa shape index (κ2) is 10.4. The number of nitrogens with zero attached hydrogens (tertiary/aromatic N) is 2. The van der Waals surface area contributed by atoms with E-state index in [1.807, 2.05) is 0 Å². The summed E-state index contributed by atoms with van der Waals surface area (Å²) in [5.74, 6) is 1.16. The van der Waals surface area contributed by atoms with E-state index in [0.717, 1.165) is 25.7 Å². The van der Waals surface area contributed by atoms with Gasteiger partial charge in [0.05, 0.1) is 25.4 Å². The van der Waals surface area contributed by atoms with E-state index in [1.165, 1.54) is 5.06 Å². The Kier molecular flexibility index (Phi) is 8.96. The third-order valence-electron chi connectivity index (χ3n) is 6.95. The van der Waals surface area contributed by atoms with E-state index in [0.29, 0.717) is 31.0 Å². The van der Waals surface area contributed by atoms with Crippen molar-refractivity contribution in [2.45, 2.75) is 117 Å². The van der Waals surface area contributed by atoms with Crippen LogP contribution in [-0.4, -0.2) is 69.6 Å². The van der Waals surface area contributed by atoms with E-state index < -0.39 is 0 Å². The van der Waals surface area contributed by atoms with Crippen LogP contribution in [0.1, 0.15) is 81.1 Å². The third-order valence-corrected chi connectivity index (χ3v) is 6.95. The zero-order valence-electron chi connectivity index (χ0n) is 20.0. The molecular weight excluding hydrogens is 368 g/mol. The summed E-state index contributed by atoms with van der Waals surface area (Å²) in [4.78, 5) is 0. The van der Waals surface area contributed by atoms with Gasteiger partial charge in [-0.2, -0.15) is 10.1 Å². The molecule has 0 spiro atoms. The molecule has 0 aliphatic carbocycles. The largest absolute Gasteiger partial charge is 0.376 e. The van der Waals surface area contributed by atoms with E-state index in [4.69, 9.17) is 9.47 Å². The predicted molar refractivity (Wildman–Crippen MR) is 115 cm³/mol. The van der Waals surface area contributed by atoms with Crippen LogP contribution in [0.2, 0.25) is 0 Å². The highest BCUT2D eigenvalue weighted by Crippen LogP contribution is 2.35. The lowest BCUT2D eigenvalue weighted by Crippen LogP contribution is -2.57. The molecular formula is C23H46N2O4. The van der Waals surface area contributed by atoms with Crippen LogP contribution in [0.25, 0.3) is 0 Å². The van der Waals surface area contributed by atoms with Crippen molar-refractivity contribution in [2.75, 3.05) is 13.2 Å². The topological polar surface area (TPSA) is 65.4 Å². The molecule has 4 atom stereocenters. The summed E-state index contributed by atoms with van der Waals surface area (Å²) >= 11 is 0. The fourth-order valence-corrected chi connectivity index (χ4v) is 5.05. The number of ether oxygens (including phenoxy) is 2. The first-order valence-electron chi connectivity index (χ1n) is 11.6. The molecule has 2 aliphatic heterocycles. The molecule has 0 saturated carbocycles. The maximum atomic E-state index is 10.6. The molecule has 2 aliphatic rings. The van der Waals surface area contributed by atoms with E-state index in [-0.39, 0.29) is 35.9 Å².